The van der Waals surface area contributed by atoms with E-state index in [4.69, 9.17) is 4.74 Å². The van der Waals surface area contributed by atoms with Gasteiger partial charge in [-0.05, 0) is 31.7 Å². The second-order valence-electron chi connectivity index (χ2n) is 7.08. The number of ether oxygens (including phenoxy) is 1. The number of nitro benzene ring substituents is 1. The molecule has 1 aliphatic rings. The minimum absolute atomic E-state index is 0.117. The lowest BCUT2D eigenvalue weighted by molar-refractivity contribution is -0.383. The number of likely N-dealkylation sites (N-methyl/N-ethyl adjacent to an activating group) is 1. The quantitative estimate of drug-likeness (QED) is 0.570. The molecule has 154 valence electrons. The Kier molecular flexibility index (Phi) is 6.79. The van der Waals surface area contributed by atoms with Crippen molar-refractivity contribution < 1.29 is 14.5 Å². The van der Waals surface area contributed by atoms with Gasteiger partial charge in [-0.15, -0.1) is 0 Å². The van der Waals surface area contributed by atoms with Crippen LogP contribution in [-0.2, 0) is 16.1 Å². The molecule has 1 saturated heterocycles. The molecule has 1 atom stereocenters. The molecule has 0 aromatic heterocycles. The third kappa shape index (κ3) is 5.10. The van der Waals surface area contributed by atoms with Gasteiger partial charge in [0, 0.05) is 31.4 Å². The van der Waals surface area contributed by atoms with Gasteiger partial charge in [0.05, 0.1) is 24.2 Å². The second kappa shape index (κ2) is 9.49. The van der Waals surface area contributed by atoms with Crippen LogP contribution in [0.2, 0.25) is 0 Å². The molecule has 3 rings (SSSR count). The molecule has 1 heterocycles. The molecular formula is C21H26N4O4. The number of para-hydroxylation sites is 3. The van der Waals surface area contributed by atoms with Gasteiger partial charge in [0.25, 0.3) is 5.69 Å². The molecule has 1 aliphatic heterocycles. The summed E-state index contributed by atoms with van der Waals surface area (Å²) < 4.78 is 5.44. The summed E-state index contributed by atoms with van der Waals surface area (Å²) in [5.74, 6) is -0.286. The van der Waals surface area contributed by atoms with E-state index in [1.165, 1.54) is 12.1 Å². The number of morpholine rings is 1. The summed E-state index contributed by atoms with van der Waals surface area (Å²) in [6.07, 6.45) is 0. The van der Waals surface area contributed by atoms with Gasteiger partial charge < -0.3 is 15.0 Å². The maximum atomic E-state index is 12.7. The van der Waals surface area contributed by atoms with Crippen LogP contribution < -0.4 is 10.2 Å². The van der Waals surface area contributed by atoms with Crippen molar-refractivity contribution >= 4 is 23.0 Å². The van der Waals surface area contributed by atoms with Crippen molar-refractivity contribution in [2.75, 3.05) is 43.6 Å². The van der Waals surface area contributed by atoms with Crippen molar-refractivity contribution in [2.24, 2.45) is 0 Å². The fourth-order valence-electron chi connectivity index (χ4n) is 3.34. The molecule has 1 amide bonds. The standard InChI is InChI=1S/C21H26N4O4/c1-16(21(26)22-18-8-4-6-10-20(18)25(27)28)23(2)15-17-7-3-5-9-19(17)24-11-13-29-14-12-24/h3-10,16H,11-15H2,1-2H3,(H,22,26). The molecule has 29 heavy (non-hydrogen) atoms. The van der Waals surface area contributed by atoms with Crippen LogP contribution in [0.4, 0.5) is 17.1 Å². The van der Waals surface area contributed by atoms with Crippen molar-refractivity contribution in [3.63, 3.8) is 0 Å². The molecule has 1 fully saturated rings. The zero-order valence-electron chi connectivity index (χ0n) is 16.7. The van der Waals surface area contributed by atoms with Gasteiger partial charge in [0.2, 0.25) is 5.91 Å². The van der Waals surface area contributed by atoms with Gasteiger partial charge in [-0.25, -0.2) is 0 Å². The summed E-state index contributed by atoms with van der Waals surface area (Å²) in [6, 6.07) is 13.8. The van der Waals surface area contributed by atoms with E-state index in [1.807, 2.05) is 24.1 Å². The topological polar surface area (TPSA) is 87.9 Å². The van der Waals surface area contributed by atoms with E-state index >= 15 is 0 Å². The third-order valence-corrected chi connectivity index (χ3v) is 5.16. The van der Waals surface area contributed by atoms with Gasteiger partial charge in [0.15, 0.2) is 0 Å². The Morgan fingerprint density at radius 3 is 2.59 bits per heavy atom. The number of nitrogens with one attached hydrogen (secondary N) is 1. The maximum absolute atomic E-state index is 12.7. The Hall–Kier alpha value is -2.97. The van der Waals surface area contributed by atoms with Crippen LogP contribution in [-0.4, -0.2) is 55.1 Å². The molecule has 8 heteroatoms. The molecule has 0 aliphatic carbocycles. The molecule has 8 nitrogen and oxygen atoms in total. The van der Waals surface area contributed by atoms with Crippen LogP contribution in [0.1, 0.15) is 12.5 Å². The van der Waals surface area contributed by atoms with Gasteiger partial charge in [-0.3, -0.25) is 19.8 Å². The summed E-state index contributed by atoms with van der Waals surface area (Å²) in [5, 5.41) is 13.9. The number of hydrogen-bond donors (Lipinski definition) is 1. The van der Waals surface area contributed by atoms with Crippen molar-refractivity contribution in [2.45, 2.75) is 19.5 Å². The summed E-state index contributed by atoms with van der Waals surface area (Å²) in [6.45, 7) is 5.47. The number of carbonyl (C=O) groups excluding carboxylic acids is 1. The fourth-order valence-corrected chi connectivity index (χ4v) is 3.34. The van der Waals surface area contributed by atoms with E-state index in [-0.39, 0.29) is 17.3 Å². The Labute approximate surface area is 170 Å². The van der Waals surface area contributed by atoms with Crippen LogP contribution in [0, 0.1) is 10.1 Å². The smallest absolute Gasteiger partial charge is 0.292 e. The maximum Gasteiger partial charge on any atom is 0.292 e. The Morgan fingerprint density at radius 1 is 1.21 bits per heavy atom. The number of benzene rings is 2. The monoisotopic (exact) mass is 398 g/mol. The zero-order chi connectivity index (χ0) is 20.8. The van der Waals surface area contributed by atoms with Crippen molar-refractivity contribution in [1.82, 2.24) is 4.90 Å². The molecule has 2 aromatic rings. The first-order chi connectivity index (χ1) is 14.0. The number of nitrogens with zero attached hydrogens (tertiary/aromatic N) is 3. The molecule has 0 radical (unpaired) electrons. The van der Waals surface area contributed by atoms with Crippen LogP contribution >= 0.6 is 0 Å². The van der Waals surface area contributed by atoms with E-state index in [2.05, 4.69) is 22.3 Å². The average Bonchev–Trinajstić information content (AvgIpc) is 2.74. The molecule has 1 unspecified atom stereocenters. The largest absolute Gasteiger partial charge is 0.378 e. The van der Waals surface area contributed by atoms with E-state index in [1.54, 1.807) is 19.1 Å². The SMILES string of the molecule is CC(C(=O)Nc1ccccc1[N+](=O)[O-])N(C)Cc1ccccc1N1CCOCC1. The van der Waals surface area contributed by atoms with Crippen LogP contribution in [0.15, 0.2) is 48.5 Å². The fraction of sp³-hybridized carbons (Fsp3) is 0.381. The molecule has 2 aromatic carbocycles. The van der Waals surface area contributed by atoms with E-state index in [0.717, 1.165) is 24.3 Å². The summed E-state index contributed by atoms with van der Waals surface area (Å²) in [7, 11) is 1.87. The van der Waals surface area contributed by atoms with Crippen LogP contribution in [0.25, 0.3) is 0 Å². The number of hydrogen-bond acceptors (Lipinski definition) is 6. The number of carbonyl (C=O) groups is 1. The van der Waals surface area contributed by atoms with Gasteiger partial charge in [-0.1, -0.05) is 30.3 Å². The van der Waals surface area contributed by atoms with Crippen LogP contribution in [0.5, 0.6) is 0 Å². The van der Waals surface area contributed by atoms with Gasteiger partial charge >= 0.3 is 0 Å². The lowest BCUT2D eigenvalue weighted by atomic mass is 10.1. The predicted molar refractivity (Wildman–Crippen MR) is 112 cm³/mol. The highest BCUT2D eigenvalue weighted by atomic mass is 16.6. The normalized spacial score (nSPS) is 15.2. The van der Waals surface area contributed by atoms with E-state index in [9.17, 15) is 14.9 Å². The number of rotatable bonds is 7. The van der Waals surface area contributed by atoms with Crippen LogP contribution in [0.3, 0.4) is 0 Å². The first-order valence-corrected chi connectivity index (χ1v) is 9.62. The van der Waals surface area contributed by atoms with E-state index in [0.29, 0.717) is 19.8 Å². The molecule has 0 saturated carbocycles. The number of amides is 1. The highest BCUT2D eigenvalue weighted by Gasteiger charge is 2.23. The van der Waals surface area contributed by atoms with E-state index < -0.39 is 11.0 Å². The number of anilines is 2. The van der Waals surface area contributed by atoms with Crippen molar-refractivity contribution in [3.8, 4) is 0 Å². The minimum Gasteiger partial charge on any atom is -0.378 e. The highest BCUT2D eigenvalue weighted by Crippen LogP contribution is 2.25. The third-order valence-electron chi connectivity index (χ3n) is 5.16. The molecule has 0 bridgehead atoms. The molecular weight excluding hydrogens is 372 g/mol. The minimum atomic E-state index is -0.497. The number of nitro groups is 1. The molecule has 1 N–H and O–H groups in total. The van der Waals surface area contributed by atoms with Gasteiger partial charge in [0.1, 0.15) is 5.69 Å². The lowest BCUT2D eigenvalue weighted by Gasteiger charge is -2.32. The summed E-state index contributed by atoms with van der Waals surface area (Å²) in [5.41, 5.74) is 2.36. The van der Waals surface area contributed by atoms with Crippen molar-refractivity contribution in [1.29, 1.82) is 0 Å². The van der Waals surface area contributed by atoms with Gasteiger partial charge in [-0.2, -0.15) is 0 Å². The highest BCUT2D eigenvalue weighted by molar-refractivity contribution is 5.96. The predicted octanol–water partition coefficient (Wildman–Crippen LogP) is 2.89. The lowest BCUT2D eigenvalue weighted by Crippen LogP contribution is -2.40. The second-order valence-corrected chi connectivity index (χ2v) is 7.08. The molecule has 0 spiro atoms. The summed E-state index contributed by atoms with van der Waals surface area (Å²) in [4.78, 5) is 27.6. The average molecular weight is 398 g/mol. The summed E-state index contributed by atoms with van der Waals surface area (Å²) >= 11 is 0. The first-order valence-electron chi connectivity index (χ1n) is 9.62. The zero-order valence-corrected chi connectivity index (χ0v) is 16.7. The Morgan fingerprint density at radius 2 is 1.86 bits per heavy atom. The Balaban J connectivity index is 1.69. The first kappa shape index (κ1) is 20.8. The van der Waals surface area contributed by atoms with Crippen molar-refractivity contribution in [3.05, 3.63) is 64.2 Å². The Bertz CT molecular complexity index is 867.